The van der Waals surface area contributed by atoms with E-state index in [0.717, 1.165) is 44.9 Å². The molecule has 2 aliphatic carbocycles. The van der Waals surface area contributed by atoms with Crippen LogP contribution in [0.15, 0.2) is 0 Å². The van der Waals surface area contributed by atoms with Gasteiger partial charge in [0.15, 0.2) is 0 Å². The van der Waals surface area contributed by atoms with Gasteiger partial charge >= 0.3 is 5.97 Å². The van der Waals surface area contributed by atoms with Crippen LogP contribution in [0, 0.1) is 11.3 Å². The van der Waals surface area contributed by atoms with Crippen molar-refractivity contribution in [3.05, 3.63) is 0 Å². The first kappa shape index (κ1) is 12.9. The molecule has 2 saturated carbocycles. The van der Waals surface area contributed by atoms with E-state index in [-0.39, 0.29) is 5.97 Å². The first-order chi connectivity index (χ1) is 8.04. The first-order valence-corrected chi connectivity index (χ1v) is 6.94. The van der Waals surface area contributed by atoms with Gasteiger partial charge in [0.2, 0.25) is 0 Å². The minimum Gasteiger partial charge on any atom is -0.465 e. The van der Waals surface area contributed by atoms with Crippen LogP contribution >= 0.6 is 0 Å². The molecule has 0 aromatic rings. The summed E-state index contributed by atoms with van der Waals surface area (Å²) in [5.74, 6) is 0.353. The maximum atomic E-state index is 12.3. The number of esters is 1. The van der Waals surface area contributed by atoms with Gasteiger partial charge in [-0.2, -0.15) is 0 Å². The van der Waals surface area contributed by atoms with Gasteiger partial charge < -0.3 is 9.84 Å². The monoisotopic (exact) mass is 240 g/mol. The number of ether oxygens (including phenoxy) is 1. The van der Waals surface area contributed by atoms with Crippen molar-refractivity contribution in [3.8, 4) is 0 Å². The van der Waals surface area contributed by atoms with Crippen molar-refractivity contribution in [2.24, 2.45) is 11.3 Å². The van der Waals surface area contributed by atoms with Gasteiger partial charge in [0.25, 0.3) is 0 Å². The number of carbonyl (C=O) groups is 1. The summed E-state index contributed by atoms with van der Waals surface area (Å²) in [6.07, 6.45) is 6.34. The standard InChI is InChI=1S/C14H24O3/c1-3-17-12(15)13(14(16)8-5-9-14)7-4-6-11(2)10-13/h11,16H,3-10H2,1-2H3. The Labute approximate surface area is 104 Å². The zero-order valence-electron chi connectivity index (χ0n) is 11.0. The molecule has 0 radical (unpaired) electrons. The van der Waals surface area contributed by atoms with Crippen LogP contribution in [-0.4, -0.2) is 23.3 Å². The molecule has 2 rings (SSSR count). The summed E-state index contributed by atoms with van der Waals surface area (Å²) in [6.45, 7) is 4.42. The molecule has 0 aromatic carbocycles. The lowest BCUT2D eigenvalue weighted by Crippen LogP contribution is -2.59. The summed E-state index contributed by atoms with van der Waals surface area (Å²) >= 11 is 0. The van der Waals surface area contributed by atoms with E-state index < -0.39 is 11.0 Å². The molecule has 3 nitrogen and oxygen atoms in total. The fourth-order valence-corrected chi connectivity index (χ4v) is 3.61. The normalized spacial score (nSPS) is 36.1. The molecule has 2 unspecified atom stereocenters. The van der Waals surface area contributed by atoms with Gasteiger partial charge in [0, 0.05) is 0 Å². The highest BCUT2D eigenvalue weighted by molar-refractivity contribution is 5.79. The van der Waals surface area contributed by atoms with Crippen LogP contribution in [0.2, 0.25) is 0 Å². The average Bonchev–Trinajstić information content (AvgIpc) is 2.26. The van der Waals surface area contributed by atoms with Gasteiger partial charge in [-0.05, 0) is 44.9 Å². The van der Waals surface area contributed by atoms with Gasteiger partial charge in [-0.15, -0.1) is 0 Å². The second-order valence-corrected chi connectivity index (χ2v) is 5.89. The Morgan fingerprint density at radius 2 is 2.06 bits per heavy atom. The largest absolute Gasteiger partial charge is 0.465 e. The third-order valence-corrected chi connectivity index (χ3v) is 4.74. The Balaban J connectivity index is 2.24. The Morgan fingerprint density at radius 3 is 2.53 bits per heavy atom. The fraction of sp³-hybridized carbons (Fsp3) is 0.929. The second kappa shape index (κ2) is 4.60. The summed E-state index contributed by atoms with van der Waals surface area (Å²) in [4.78, 5) is 12.3. The maximum Gasteiger partial charge on any atom is 0.315 e. The van der Waals surface area contributed by atoms with E-state index >= 15 is 0 Å². The molecule has 1 N–H and O–H groups in total. The SMILES string of the molecule is CCOC(=O)C1(C2(O)CCC2)CCCC(C)C1. The topological polar surface area (TPSA) is 46.5 Å². The van der Waals surface area contributed by atoms with Gasteiger partial charge in [-0.3, -0.25) is 4.79 Å². The van der Waals surface area contributed by atoms with E-state index in [9.17, 15) is 9.90 Å². The molecule has 0 amide bonds. The van der Waals surface area contributed by atoms with Crippen LogP contribution in [0.4, 0.5) is 0 Å². The summed E-state index contributed by atoms with van der Waals surface area (Å²) in [5.41, 5.74) is -1.40. The Kier molecular flexibility index (Phi) is 3.48. The van der Waals surface area contributed by atoms with Crippen molar-refractivity contribution < 1.29 is 14.6 Å². The highest BCUT2D eigenvalue weighted by Gasteiger charge is 2.60. The number of carbonyl (C=O) groups excluding carboxylic acids is 1. The maximum absolute atomic E-state index is 12.3. The first-order valence-electron chi connectivity index (χ1n) is 6.94. The highest BCUT2D eigenvalue weighted by Crippen LogP contribution is 2.55. The van der Waals surface area contributed by atoms with E-state index in [1.807, 2.05) is 6.92 Å². The zero-order valence-corrected chi connectivity index (χ0v) is 11.0. The third kappa shape index (κ3) is 1.99. The van der Waals surface area contributed by atoms with E-state index in [0.29, 0.717) is 12.5 Å². The van der Waals surface area contributed by atoms with E-state index in [1.165, 1.54) is 0 Å². The zero-order chi connectivity index (χ0) is 12.5. The van der Waals surface area contributed by atoms with Crippen LogP contribution in [0.5, 0.6) is 0 Å². The molecule has 2 fully saturated rings. The molecule has 0 heterocycles. The van der Waals surface area contributed by atoms with Gasteiger partial charge in [-0.25, -0.2) is 0 Å². The van der Waals surface area contributed by atoms with Crippen LogP contribution in [0.3, 0.4) is 0 Å². The van der Waals surface area contributed by atoms with Crippen molar-refractivity contribution in [3.63, 3.8) is 0 Å². The quantitative estimate of drug-likeness (QED) is 0.771. The Hall–Kier alpha value is -0.570. The molecule has 17 heavy (non-hydrogen) atoms. The molecule has 2 atom stereocenters. The van der Waals surface area contributed by atoms with Gasteiger partial charge in [0.1, 0.15) is 0 Å². The summed E-state index contributed by atoms with van der Waals surface area (Å²) in [7, 11) is 0. The fourth-order valence-electron chi connectivity index (χ4n) is 3.61. The molecule has 0 saturated heterocycles. The molecular formula is C14H24O3. The minimum atomic E-state index is -0.784. The predicted octanol–water partition coefficient (Wildman–Crippen LogP) is 2.66. The number of hydrogen-bond acceptors (Lipinski definition) is 3. The van der Waals surface area contributed by atoms with Crippen molar-refractivity contribution in [2.75, 3.05) is 6.61 Å². The van der Waals surface area contributed by atoms with Crippen LogP contribution in [0.25, 0.3) is 0 Å². The second-order valence-electron chi connectivity index (χ2n) is 5.89. The minimum absolute atomic E-state index is 0.159. The lowest BCUT2D eigenvalue weighted by Gasteiger charge is -2.53. The molecule has 0 aliphatic heterocycles. The summed E-state index contributed by atoms with van der Waals surface area (Å²) < 4.78 is 5.26. The molecule has 3 heteroatoms. The van der Waals surface area contributed by atoms with E-state index in [2.05, 4.69) is 6.92 Å². The number of aliphatic hydroxyl groups is 1. The predicted molar refractivity (Wildman–Crippen MR) is 65.5 cm³/mol. The molecule has 2 aliphatic rings. The molecule has 0 aromatic heterocycles. The Bertz CT molecular complexity index is 296. The summed E-state index contributed by atoms with van der Waals surface area (Å²) in [5, 5.41) is 10.7. The third-order valence-electron chi connectivity index (χ3n) is 4.74. The van der Waals surface area contributed by atoms with Crippen LogP contribution in [-0.2, 0) is 9.53 Å². The molecule has 98 valence electrons. The molecule has 0 bridgehead atoms. The lowest BCUT2D eigenvalue weighted by atomic mass is 9.54. The molecular weight excluding hydrogens is 216 g/mol. The van der Waals surface area contributed by atoms with Crippen molar-refractivity contribution in [1.82, 2.24) is 0 Å². The van der Waals surface area contributed by atoms with Gasteiger partial charge in [-0.1, -0.05) is 19.8 Å². The molecule has 0 spiro atoms. The van der Waals surface area contributed by atoms with Crippen LogP contribution < -0.4 is 0 Å². The summed E-state index contributed by atoms with van der Waals surface area (Å²) in [6, 6.07) is 0. The highest BCUT2D eigenvalue weighted by atomic mass is 16.5. The number of rotatable bonds is 3. The van der Waals surface area contributed by atoms with Gasteiger partial charge in [0.05, 0.1) is 17.6 Å². The average molecular weight is 240 g/mol. The van der Waals surface area contributed by atoms with E-state index in [1.54, 1.807) is 0 Å². The lowest BCUT2D eigenvalue weighted by molar-refractivity contribution is -0.199. The Morgan fingerprint density at radius 1 is 1.35 bits per heavy atom. The van der Waals surface area contributed by atoms with Crippen LogP contribution in [0.1, 0.15) is 58.8 Å². The number of hydrogen-bond donors (Lipinski definition) is 1. The van der Waals surface area contributed by atoms with Crippen molar-refractivity contribution in [1.29, 1.82) is 0 Å². The van der Waals surface area contributed by atoms with Crippen molar-refractivity contribution >= 4 is 5.97 Å². The van der Waals surface area contributed by atoms with E-state index in [4.69, 9.17) is 4.74 Å². The van der Waals surface area contributed by atoms with Crippen molar-refractivity contribution in [2.45, 2.75) is 64.4 Å². The smallest absolute Gasteiger partial charge is 0.315 e.